The van der Waals surface area contributed by atoms with Gasteiger partial charge in [-0.1, -0.05) is 27.7 Å². The normalized spacial score (nSPS) is 15.1. The zero-order valence-corrected chi connectivity index (χ0v) is 11.3. The summed E-state index contributed by atoms with van der Waals surface area (Å²) in [6, 6.07) is 0. The molecule has 1 atom stereocenters. The maximum Gasteiger partial charge on any atom is 0.166 e. The molecule has 0 aromatic heterocycles. The van der Waals surface area contributed by atoms with Crippen LogP contribution in [-0.2, 0) is 9.53 Å². The Morgan fingerprint density at radius 2 is 1.60 bits per heavy atom. The molecule has 0 saturated carbocycles. The lowest BCUT2D eigenvalue weighted by molar-refractivity contribution is -0.148. The lowest BCUT2D eigenvalue weighted by atomic mass is 9.83. The minimum Gasteiger partial charge on any atom is -0.365 e. The van der Waals surface area contributed by atoms with Gasteiger partial charge in [0.1, 0.15) is 6.10 Å². The molecular formula is C13H26O2. The molecule has 90 valence electrons. The van der Waals surface area contributed by atoms with Gasteiger partial charge in [0.05, 0.1) is 5.60 Å². The third kappa shape index (κ3) is 4.33. The van der Waals surface area contributed by atoms with E-state index in [0.717, 1.165) is 12.8 Å². The van der Waals surface area contributed by atoms with Crippen LogP contribution in [0, 0.1) is 5.41 Å². The zero-order chi connectivity index (χ0) is 12.3. The number of Topliss-reactive ketones (excluding diaryl/α,β-unsaturated/α-hetero) is 1. The van der Waals surface area contributed by atoms with Crippen molar-refractivity contribution < 1.29 is 9.53 Å². The number of hydrogen-bond acceptors (Lipinski definition) is 2. The van der Waals surface area contributed by atoms with Gasteiger partial charge in [0.15, 0.2) is 5.78 Å². The number of ketones is 1. The smallest absolute Gasteiger partial charge is 0.166 e. The van der Waals surface area contributed by atoms with Crippen molar-refractivity contribution in [2.75, 3.05) is 0 Å². The fourth-order valence-corrected chi connectivity index (χ4v) is 1.34. The van der Waals surface area contributed by atoms with Crippen LogP contribution < -0.4 is 0 Å². The van der Waals surface area contributed by atoms with Crippen molar-refractivity contribution in [3.05, 3.63) is 0 Å². The molecule has 0 fully saturated rings. The molecule has 0 aliphatic heterocycles. The molecule has 0 aliphatic rings. The van der Waals surface area contributed by atoms with E-state index < -0.39 is 0 Å². The minimum atomic E-state index is -0.310. The zero-order valence-electron chi connectivity index (χ0n) is 11.3. The number of carbonyl (C=O) groups is 1. The molecule has 0 N–H and O–H groups in total. The fourth-order valence-electron chi connectivity index (χ4n) is 1.34. The first-order valence-corrected chi connectivity index (χ1v) is 5.88. The Labute approximate surface area is 94.4 Å². The predicted octanol–water partition coefficient (Wildman–Crippen LogP) is 3.59. The van der Waals surface area contributed by atoms with Crippen molar-refractivity contribution in [3.8, 4) is 0 Å². The van der Waals surface area contributed by atoms with Gasteiger partial charge in [-0.15, -0.1) is 0 Å². The van der Waals surface area contributed by atoms with Gasteiger partial charge in [0.2, 0.25) is 0 Å². The Kier molecular flexibility index (Phi) is 4.98. The van der Waals surface area contributed by atoms with E-state index in [1.54, 1.807) is 0 Å². The van der Waals surface area contributed by atoms with Gasteiger partial charge < -0.3 is 4.74 Å². The molecule has 0 amide bonds. The largest absolute Gasteiger partial charge is 0.365 e. The molecule has 15 heavy (non-hydrogen) atoms. The molecule has 0 radical (unpaired) electrons. The Hall–Kier alpha value is -0.370. The molecule has 0 rings (SSSR count). The van der Waals surface area contributed by atoms with Crippen LogP contribution in [0.2, 0.25) is 0 Å². The van der Waals surface area contributed by atoms with Crippen LogP contribution in [-0.4, -0.2) is 17.5 Å². The van der Waals surface area contributed by atoms with Gasteiger partial charge in [-0.3, -0.25) is 4.79 Å². The van der Waals surface area contributed by atoms with Crippen LogP contribution in [0.15, 0.2) is 0 Å². The van der Waals surface area contributed by atoms with Crippen LogP contribution in [0.5, 0.6) is 0 Å². The molecule has 0 heterocycles. The quantitative estimate of drug-likeness (QED) is 0.675. The molecular weight excluding hydrogens is 188 g/mol. The van der Waals surface area contributed by atoms with E-state index in [-0.39, 0.29) is 22.9 Å². The van der Waals surface area contributed by atoms with Crippen molar-refractivity contribution in [1.82, 2.24) is 0 Å². The first-order valence-electron chi connectivity index (χ1n) is 5.88. The first kappa shape index (κ1) is 14.6. The van der Waals surface area contributed by atoms with Gasteiger partial charge in [-0.2, -0.15) is 0 Å². The molecule has 2 nitrogen and oxygen atoms in total. The van der Waals surface area contributed by atoms with E-state index in [1.807, 2.05) is 41.5 Å². The molecule has 0 aromatic carbocycles. The molecule has 0 aliphatic carbocycles. The summed E-state index contributed by atoms with van der Waals surface area (Å²) in [4.78, 5) is 12.1. The lowest BCUT2D eigenvalue weighted by Gasteiger charge is -2.31. The second kappa shape index (κ2) is 5.11. The molecule has 2 heteroatoms. The Morgan fingerprint density at radius 1 is 1.13 bits per heavy atom. The van der Waals surface area contributed by atoms with Gasteiger partial charge in [-0.25, -0.2) is 0 Å². The van der Waals surface area contributed by atoms with Crippen molar-refractivity contribution >= 4 is 5.78 Å². The highest BCUT2D eigenvalue weighted by atomic mass is 16.5. The monoisotopic (exact) mass is 214 g/mol. The summed E-state index contributed by atoms with van der Waals surface area (Å²) >= 11 is 0. The number of rotatable bonds is 6. The topological polar surface area (TPSA) is 26.3 Å². The number of hydrogen-bond donors (Lipinski definition) is 0. The lowest BCUT2D eigenvalue weighted by Crippen LogP contribution is -2.39. The van der Waals surface area contributed by atoms with E-state index in [2.05, 4.69) is 6.92 Å². The third-order valence-electron chi connectivity index (χ3n) is 3.27. The summed E-state index contributed by atoms with van der Waals surface area (Å²) in [5.74, 6) is 0.200. The summed E-state index contributed by atoms with van der Waals surface area (Å²) in [5, 5.41) is 0. The summed E-state index contributed by atoms with van der Waals surface area (Å²) in [5.41, 5.74) is -0.484. The van der Waals surface area contributed by atoms with Crippen LogP contribution in [0.25, 0.3) is 0 Å². The summed E-state index contributed by atoms with van der Waals surface area (Å²) in [7, 11) is 0. The van der Waals surface area contributed by atoms with Crippen LogP contribution in [0.1, 0.15) is 61.3 Å². The van der Waals surface area contributed by atoms with Crippen molar-refractivity contribution in [3.63, 3.8) is 0 Å². The summed E-state index contributed by atoms with van der Waals surface area (Å²) in [6.07, 6.45) is 1.46. The SMILES string of the molecule is CCC(C)(C)OC(C)C(=O)C(C)(C)CC. The fraction of sp³-hybridized carbons (Fsp3) is 0.923. The maximum absolute atomic E-state index is 12.1. The van der Waals surface area contributed by atoms with E-state index >= 15 is 0 Å². The highest BCUT2D eigenvalue weighted by Crippen LogP contribution is 2.26. The van der Waals surface area contributed by atoms with Crippen molar-refractivity contribution in [1.29, 1.82) is 0 Å². The predicted molar refractivity (Wildman–Crippen MR) is 64.0 cm³/mol. The first-order chi connectivity index (χ1) is 6.66. The van der Waals surface area contributed by atoms with Crippen LogP contribution in [0.4, 0.5) is 0 Å². The van der Waals surface area contributed by atoms with E-state index in [1.165, 1.54) is 0 Å². The van der Waals surface area contributed by atoms with Gasteiger partial charge in [0.25, 0.3) is 0 Å². The Morgan fingerprint density at radius 3 is 1.93 bits per heavy atom. The molecule has 0 saturated heterocycles. The second-order valence-electron chi connectivity index (χ2n) is 5.48. The summed E-state index contributed by atoms with van der Waals surface area (Å²) < 4.78 is 5.79. The van der Waals surface area contributed by atoms with E-state index in [0.29, 0.717) is 0 Å². The number of carbonyl (C=O) groups excluding carboxylic acids is 1. The summed E-state index contributed by atoms with van der Waals surface area (Å²) in [6.45, 7) is 14.0. The van der Waals surface area contributed by atoms with Gasteiger partial charge in [0, 0.05) is 5.41 Å². The molecule has 1 unspecified atom stereocenters. The third-order valence-corrected chi connectivity index (χ3v) is 3.27. The molecule has 0 bridgehead atoms. The highest BCUT2D eigenvalue weighted by molar-refractivity contribution is 5.87. The highest BCUT2D eigenvalue weighted by Gasteiger charge is 2.32. The molecule has 0 aromatic rings. The molecule has 0 spiro atoms. The average Bonchev–Trinajstić information content (AvgIpc) is 2.16. The van der Waals surface area contributed by atoms with Gasteiger partial charge >= 0.3 is 0 Å². The second-order valence-corrected chi connectivity index (χ2v) is 5.48. The van der Waals surface area contributed by atoms with Crippen LogP contribution >= 0.6 is 0 Å². The van der Waals surface area contributed by atoms with Crippen molar-refractivity contribution in [2.45, 2.75) is 73.0 Å². The number of ether oxygens (including phenoxy) is 1. The van der Waals surface area contributed by atoms with Gasteiger partial charge in [-0.05, 0) is 33.6 Å². The maximum atomic E-state index is 12.1. The Bertz CT molecular complexity index is 217. The standard InChI is InChI=1S/C13H26O2/c1-8-12(4,5)11(14)10(3)15-13(6,7)9-2/h10H,8-9H2,1-7H3. The average molecular weight is 214 g/mol. The van der Waals surface area contributed by atoms with Crippen LogP contribution in [0.3, 0.4) is 0 Å². The minimum absolute atomic E-state index is 0.200. The van der Waals surface area contributed by atoms with E-state index in [9.17, 15) is 4.79 Å². The van der Waals surface area contributed by atoms with E-state index in [4.69, 9.17) is 4.74 Å². The van der Waals surface area contributed by atoms with Crippen molar-refractivity contribution in [2.24, 2.45) is 5.41 Å². The Balaban J connectivity index is 4.47.